The fraction of sp³-hybridized carbons (Fsp3) is 0.381. The second kappa shape index (κ2) is 7.07. The molecule has 1 N–H and O–H groups in total. The zero-order valence-corrected chi connectivity index (χ0v) is 16.7. The monoisotopic (exact) mass is 407 g/mol. The number of rotatable bonds is 2. The van der Waals surface area contributed by atoms with E-state index in [1.807, 2.05) is 30.3 Å². The maximum atomic E-state index is 12.4. The Labute approximate surface area is 168 Å². The Balaban J connectivity index is 1.83. The molecule has 1 heterocycles. The van der Waals surface area contributed by atoms with Crippen molar-refractivity contribution in [2.24, 2.45) is 17.8 Å². The summed E-state index contributed by atoms with van der Waals surface area (Å²) in [6, 6.07) is 13.8. The van der Waals surface area contributed by atoms with Crippen molar-refractivity contribution in [1.29, 1.82) is 0 Å². The average Bonchev–Trinajstić information content (AvgIpc) is 2.96. The van der Waals surface area contributed by atoms with Crippen LogP contribution >= 0.6 is 34.8 Å². The van der Waals surface area contributed by atoms with Crippen molar-refractivity contribution in [3.63, 3.8) is 0 Å². The van der Waals surface area contributed by atoms with Crippen molar-refractivity contribution < 1.29 is 4.79 Å². The third-order valence-corrected chi connectivity index (χ3v) is 6.84. The molecule has 1 saturated heterocycles. The summed E-state index contributed by atoms with van der Waals surface area (Å²) < 4.78 is 0. The highest BCUT2D eigenvalue weighted by Crippen LogP contribution is 2.55. The summed E-state index contributed by atoms with van der Waals surface area (Å²) in [7, 11) is 0. The van der Waals surface area contributed by atoms with Crippen LogP contribution in [0.4, 0.5) is 0 Å². The summed E-state index contributed by atoms with van der Waals surface area (Å²) in [6.45, 7) is 2.94. The van der Waals surface area contributed by atoms with Gasteiger partial charge in [-0.1, -0.05) is 59.9 Å². The molecule has 1 saturated carbocycles. The minimum Gasteiger partial charge on any atom is -0.356 e. The number of benzene rings is 2. The summed E-state index contributed by atoms with van der Waals surface area (Å²) in [6.07, 6.45) is 0.879. The van der Waals surface area contributed by atoms with Gasteiger partial charge in [0, 0.05) is 27.5 Å². The largest absolute Gasteiger partial charge is 0.356 e. The molecule has 2 nitrogen and oxygen atoms in total. The van der Waals surface area contributed by atoms with E-state index in [9.17, 15) is 4.79 Å². The van der Waals surface area contributed by atoms with E-state index in [1.54, 1.807) is 0 Å². The molecular formula is C21H20Cl3NO. The maximum Gasteiger partial charge on any atom is 0.223 e. The number of hydrogen-bond donors (Lipinski definition) is 1. The molecular weight excluding hydrogens is 389 g/mol. The highest BCUT2D eigenvalue weighted by Gasteiger charge is 2.50. The van der Waals surface area contributed by atoms with E-state index in [0.29, 0.717) is 22.5 Å². The van der Waals surface area contributed by atoms with Crippen molar-refractivity contribution in [2.45, 2.75) is 25.2 Å². The Hall–Kier alpha value is -1.22. The van der Waals surface area contributed by atoms with Crippen LogP contribution in [0.3, 0.4) is 0 Å². The van der Waals surface area contributed by atoms with Gasteiger partial charge < -0.3 is 5.32 Å². The number of nitrogens with one attached hydrogen (secondary N) is 1. The zero-order chi connectivity index (χ0) is 18.4. The van der Waals surface area contributed by atoms with Crippen LogP contribution in [0.1, 0.15) is 36.3 Å². The fourth-order valence-electron chi connectivity index (χ4n) is 4.92. The van der Waals surface area contributed by atoms with Gasteiger partial charge in [-0.25, -0.2) is 0 Å². The molecule has 0 spiro atoms. The fourth-order valence-corrected chi connectivity index (χ4v) is 5.58. The number of hydrogen-bond acceptors (Lipinski definition) is 1. The maximum absolute atomic E-state index is 12.4. The molecule has 0 aromatic heterocycles. The molecule has 2 aliphatic rings. The van der Waals surface area contributed by atoms with E-state index >= 15 is 0 Å². The van der Waals surface area contributed by atoms with E-state index in [4.69, 9.17) is 34.8 Å². The van der Waals surface area contributed by atoms with Gasteiger partial charge in [0.1, 0.15) is 0 Å². The molecule has 0 bridgehead atoms. The molecule has 5 heteroatoms. The smallest absolute Gasteiger partial charge is 0.223 e. The van der Waals surface area contributed by atoms with Crippen molar-refractivity contribution >= 4 is 40.7 Å². The van der Waals surface area contributed by atoms with Crippen molar-refractivity contribution in [1.82, 2.24) is 5.32 Å². The van der Waals surface area contributed by atoms with Gasteiger partial charge in [-0.05, 0) is 65.5 Å². The molecule has 2 aromatic rings. The zero-order valence-electron chi connectivity index (χ0n) is 14.4. The van der Waals surface area contributed by atoms with Crippen LogP contribution in [-0.2, 0) is 4.79 Å². The van der Waals surface area contributed by atoms with Crippen LogP contribution in [0.25, 0.3) is 0 Å². The first-order valence-corrected chi connectivity index (χ1v) is 10.1. The quantitative estimate of drug-likeness (QED) is 0.657. The lowest BCUT2D eigenvalue weighted by molar-refractivity contribution is -0.124. The van der Waals surface area contributed by atoms with Crippen molar-refractivity contribution in [2.75, 3.05) is 6.54 Å². The van der Waals surface area contributed by atoms with E-state index in [2.05, 4.69) is 24.4 Å². The topological polar surface area (TPSA) is 29.1 Å². The standard InChI is InChI=1S/C21H20Cl3NO/c1-11-8-16-17(10-25-21(16)26)20(12-2-4-13(22)5-3-12)19(11)15-7-6-14(23)9-18(15)24/h2-7,9,11,16-17,19-20H,8,10H2,1H3,(H,25,26). The third-order valence-electron chi connectivity index (χ3n) is 6.03. The average molecular weight is 409 g/mol. The number of amides is 1. The second-order valence-electron chi connectivity index (χ2n) is 7.50. The van der Waals surface area contributed by atoms with E-state index < -0.39 is 0 Å². The van der Waals surface area contributed by atoms with Gasteiger partial charge in [0.15, 0.2) is 0 Å². The van der Waals surface area contributed by atoms with Crippen LogP contribution in [0.5, 0.6) is 0 Å². The Morgan fingerprint density at radius 3 is 2.35 bits per heavy atom. The highest BCUT2D eigenvalue weighted by atomic mass is 35.5. The number of carbonyl (C=O) groups is 1. The molecule has 2 fully saturated rings. The Kier molecular flexibility index (Phi) is 4.94. The minimum atomic E-state index is 0.0630. The normalized spacial score (nSPS) is 30.8. The molecule has 5 atom stereocenters. The summed E-state index contributed by atoms with van der Waals surface area (Å²) in [5, 5.41) is 5.13. The first kappa shape index (κ1) is 18.2. The summed E-state index contributed by atoms with van der Waals surface area (Å²) >= 11 is 18.8. The molecule has 1 aliphatic heterocycles. The molecule has 5 unspecified atom stereocenters. The van der Waals surface area contributed by atoms with E-state index in [1.165, 1.54) is 5.56 Å². The Bertz CT molecular complexity index is 836. The number of fused-ring (bicyclic) bond motifs is 1. The van der Waals surface area contributed by atoms with Crippen molar-refractivity contribution in [3.8, 4) is 0 Å². The first-order chi connectivity index (χ1) is 12.5. The van der Waals surface area contributed by atoms with Crippen LogP contribution in [-0.4, -0.2) is 12.5 Å². The van der Waals surface area contributed by atoms with Gasteiger partial charge in [0.2, 0.25) is 5.91 Å². The lowest BCUT2D eigenvalue weighted by Gasteiger charge is -2.43. The third kappa shape index (κ3) is 3.13. The van der Waals surface area contributed by atoms with E-state index in [-0.39, 0.29) is 29.6 Å². The molecule has 0 radical (unpaired) electrons. The minimum absolute atomic E-state index is 0.0630. The van der Waals surface area contributed by atoms with Gasteiger partial charge in [-0.15, -0.1) is 0 Å². The first-order valence-electron chi connectivity index (χ1n) is 8.94. The summed E-state index contributed by atoms with van der Waals surface area (Å²) in [5.74, 6) is 1.28. The predicted molar refractivity (Wildman–Crippen MR) is 107 cm³/mol. The summed E-state index contributed by atoms with van der Waals surface area (Å²) in [5.41, 5.74) is 2.32. The second-order valence-corrected chi connectivity index (χ2v) is 8.78. The van der Waals surface area contributed by atoms with Gasteiger partial charge in [-0.3, -0.25) is 4.79 Å². The van der Waals surface area contributed by atoms with Gasteiger partial charge in [0.25, 0.3) is 0 Å². The SMILES string of the molecule is CC1CC2C(=O)NCC2C(c2ccc(Cl)cc2)C1c1ccc(Cl)cc1Cl. The van der Waals surface area contributed by atoms with Gasteiger partial charge in [0.05, 0.1) is 0 Å². The van der Waals surface area contributed by atoms with Crippen molar-refractivity contribution in [3.05, 3.63) is 68.7 Å². The molecule has 2 aromatic carbocycles. The molecule has 136 valence electrons. The molecule has 4 rings (SSSR count). The predicted octanol–water partition coefficient (Wildman–Crippen LogP) is 5.92. The van der Waals surface area contributed by atoms with Gasteiger partial charge >= 0.3 is 0 Å². The van der Waals surface area contributed by atoms with Gasteiger partial charge in [-0.2, -0.15) is 0 Å². The number of halogens is 3. The Morgan fingerprint density at radius 1 is 0.962 bits per heavy atom. The molecule has 1 aliphatic carbocycles. The lowest BCUT2D eigenvalue weighted by Crippen LogP contribution is -2.37. The summed E-state index contributed by atoms with van der Waals surface area (Å²) in [4.78, 5) is 12.4. The highest BCUT2D eigenvalue weighted by molar-refractivity contribution is 6.35. The molecule has 26 heavy (non-hydrogen) atoms. The van der Waals surface area contributed by atoms with Crippen LogP contribution in [0.2, 0.25) is 15.1 Å². The van der Waals surface area contributed by atoms with Crippen LogP contribution in [0, 0.1) is 17.8 Å². The van der Waals surface area contributed by atoms with Crippen LogP contribution in [0.15, 0.2) is 42.5 Å². The Morgan fingerprint density at radius 2 is 1.65 bits per heavy atom. The lowest BCUT2D eigenvalue weighted by atomic mass is 9.59. The van der Waals surface area contributed by atoms with E-state index in [0.717, 1.165) is 17.0 Å². The number of carbonyl (C=O) groups excluding carboxylic acids is 1. The van der Waals surface area contributed by atoms with Crippen LogP contribution < -0.4 is 5.32 Å². The molecule has 1 amide bonds.